The van der Waals surface area contributed by atoms with Gasteiger partial charge in [0.05, 0.1) is 37.7 Å². The number of carbonyl (C=O) groups is 1. The maximum Gasteiger partial charge on any atom is 0.414 e. The summed E-state index contributed by atoms with van der Waals surface area (Å²) in [5.41, 5.74) is 1.56. The van der Waals surface area contributed by atoms with Crippen LogP contribution in [-0.2, 0) is 9.47 Å². The first kappa shape index (κ1) is 19.2. The lowest BCUT2D eigenvalue weighted by molar-refractivity contribution is 0.122. The molecule has 0 bridgehead atoms. The van der Waals surface area contributed by atoms with Gasteiger partial charge in [0.25, 0.3) is 0 Å². The van der Waals surface area contributed by atoms with Crippen LogP contribution in [0.15, 0.2) is 47.5 Å². The molecule has 1 unspecified atom stereocenters. The molecular weight excluding hydrogens is 377 g/mol. The summed E-state index contributed by atoms with van der Waals surface area (Å²) in [5, 5.41) is 9.75. The Bertz CT molecular complexity index is 915. The Morgan fingerprint density at radius 3 is 2.76 bits per heavy atom. The summed E-state index contributed by atoms with van der Waals surface area (Å²) in [6.07, 6.45) is 0.584. The van der Waals surface area contributed by atoms with Crippen LogP contribution >= 0.6 is 0 Å². The fourth-order valence-electron chi connectivity index (χ4n) is 3.42. The summed E-state index contributed by atoms with van der Waals surface area (Å²) in [7, 11) is 0. The molecule has 2 aliphatic rings. The number of aromatic hydroxyl groups is 1. The van der Waals surface area contributed by atoms with Crippen molar-refractivity contribution in [3.63, 3.8) is 0 Å². The molecule has 2 aliphatic heterocycles. The molecule has 0 aliphatic carbocycles. The number of ether oxygens (including phenoxy) is 2. The van der Waals surface area contributed by atoms with E-state index < -0.39 is 12.2 Å². The molecule has 2 heterocycles. The maximum absolute atomic E-state index is 14.6. The summed E-state index contributed by atoms with van der Waals surface area (Å²) in [5.74, 6) is -0.240. The molecule has 2 aromatic carbocycles. The highest BCUT2D eigenvalue weighted by molar-refractivity contribution is 5.90. The molecule has 2 fully saturated rings. The van der Waals surface area contributed by atoms with Gasteiger partial charge in [0.1, 0.15) is 17.7 Å². The van der Waals surface area contributed by atoms with Gasteiger partial charge < -0.3 is 19.5 Å². The number of phenols is 1. The second kappa shape index (κ2) is 8.48. The smallest absolute Gasteiger partial charge is 0.414 e. The minimum Gasteiger partial charge on any atom is -0.507 e. The van der Waals surface area contributed by atoms with Crippen LogP contribution in [0.3, 0.4) is 0 Å². The van der Waals surface area contributed by atoms with Crippen molar-refractivity contribution in [3.8, 4) is 5.75 Å². The van der Waals surface area contributed by atoms with Crippen molar-refractivity contribution in [1.29, 1.82) is 0 Å². The Labute approximate surface area is 168 Å². The van der Waals surface area contributed by atoms with E-state index in [0.717, 1.165) is 0 Å². The lowest BCUT2D eigenvalue weighted by Gasteiger charge is -2.29. The van der Waals surface area contributed by atoms with Crippen molar-refractivity contribution < 1.29 is 23.8 Å². The summed E-state index contributed by atoms with van der Waals surface area (Å²) < 4.78 is 25.3. The van der Waals surface area contributed by atoms with Gasteiger partial charge in [-0.15, -0.1) is 0 Å². The zero-order chi connectivity index (χ0) is 20.2. The molecule has 1 N–H and O–H groups in total. The van der Waals surface area contributed by atoms with E-state index in [1.165, 1.54) is 11.0 Å². The molecule has 4 rings (SSSR count). The van der Waals surface area contributed by atoms with Crippen LogP contribution in [-0.4, -0.2) is 62.9 Å². The highest BCUT2D eigenvalue weighted by atomic mass is 19.1. The van der Waals surface area contributed by atoms with Gasteiger partial charge in [-0.05, 0) is 30.3 Å². The number of benzene rings is 2. The van der Waals surface area contributed by atoms with E-state index >= 15 is 0 Å². The van der Waals surface area contributed by atoms with Gasteiger partial charge in [0.2, 0.25) is 0 Å². The third-order valence-electron chi connectivity index (χ3n) is 4.94. The van der Waals surface area contributed by atoms with E-state index in [1.54, 1.807) is 42.6 Å². The number of nitrogens with zero attached hydrogens (tertiary/aromatic N) is 3. The zero-order valence-electron chi connectivity index (χ0n) is 15.8. The van der Waals surface area contributed by atoms with Crippen LogP contribution in [0.25, 0.3) is 0 Å². The molecule has 29 heavy (non-hydrogen) atoms. The lowest BCUT2D eigenvalue weighted by atomic mass is 10.2. The topological polar surface area (TPSA) is 74.6 Å². The molecular formula is C21H22FN3O4. The molecule has 0 radical (unpaired) electrons. The summed E-state index contributed by atoms with van der Waals surface area (Å²) >= 11 is 0. The Kier molecular flexibility index (Phi) is 5.62. The van der Waals surface area contributed by atoms with Crippen LogP contribution in [0, 0.1) is 5.82 Å². The summed E-state index contributed by atoms with van der Waals surface area (Å²) in [4.78, 5) is 19.8. The number of anilines is 2. The highest BCUT2D eigenvalue weighted by Crippen LogP contribution is 2.28. The lowest BCUT2D eigenvalue weighted by Crippen LogP contribution is -2.36. The third-order valence-corrected chi connectivity index (χ3v) is 4.94. The van der Waals surface area contributed by atoms with Crippen molar-refractivity contribution in [1.82, 2.24) is 0 Å². The number of hydrogen-bond donors (Lipinski definition) is 1. The summed E-state index contributed by atoms with van der Waals surface area (Å²) in [6.45, 7) is 2.96. The first-order valence-electron chi connectivity index (χ1n) is 9.50. The number of halogens is 1. The van der Waals surface area contributed by atoms with Crippen molar-refractivity contribution in [3.05, 3.63) is 53.8 Å². The van der Waals surface area contributed by atoms with E-state index in [2.05, 4.69) is 4.99 Å². The van der Waals surface area contributed by atoms with Gasteiger partial charge in [0, 0.05) is 24.9 Å². The van der Waals surface area contributed by atoms with Gasteiger partial charge >= 0.3 is 6.09 Å². The Morgan fingerprint density at radius 1 is 1.21 bits per heavy atom. The van der Waals surface area contributed by atoms with Crippen LogP contribution in [0.1, 0.15) is 5.56 Å². The normalized spacial score (nSPS) is 19.8. The average molecular weight is 399 g/mol. The molecule has 0 spiro atoms. The second-order valence-electron chi connectivity index (χ2n) is 6.90. The van der Waals surface area contributed by atoms with Crippen LogP contribution in [0.5, 0.6) is 5.75 Å². The molecule has 1 atom stereocenters. The van der Waals surface area contributed by atoms with E-state index in [-0.39, 0.29) is 24.7 Å². The van der Waals surface area contributed by atoms with Crippen molar-refractivity contribution >= 4 is 23.7 Å². The number of cyclic esters (lactones) is 1. The standard InChI is InChI=1S/C21H22FN3O4/c22-18-11-16(5-6-19(18)24-7-9-28-10-8-24)25-14-17(29-21(25)27)13-23-12-15-3-1-2-4-20(15)26/h1-6,11-12,17,26H,7-10,13-14H2. The fraction of sp³-hybridized carbons (Fsp3) is 0.333. The minimum atomic E-state index is -0.522. The zero-order valence-corrected chi connectivity index (χ0v) is 15.8. The Morgan fingerprint density at radius 2 is 2.00 bits per heavy atom. The predicted molar refractivity (Wildman–Crippen MR) is 108 cm³/mol. The number of aliphatic imine (C=N–C) groups is 1. The summed E-state index contributed by atoms with van der Waals surface area (Å²) in [6, 6.07) is 11.6. The van der Waals surface area contributed by atoms with Gasteiger partial charge in [0.15, 0.2) is 0 Å². The second-order valence-corrected chi connectivity index (χ2v) is 6.90. The molecule has 1 amide bonds. The van der Waals surface area contributed by atoms with Crippen molar-refractivity contribution in [2.45, 2.75) is 6.10 Å². The van der Waals surface area contributed by atoms with Gasteiger partial charge in [-0.3, -0.25) is 9.89 Å². The van der Waals surface area contributed by atoms with Crippen molar-refractivity contribution in [2.24, 2.45) is 4.99 Å². The quantitative estimate of drug-likeness (QED) is 0.783. The van der Waals surface area contributed by atoms with Gasteiger partial charge in [-0.2, -0.15) is 0 Å². The number of morpholine rings is 1. The van der Waals surface area contributed by atoms with Gasteiger partial charge in [-0.25, -0.2) is 9.18 Å². The monoisotopic (exact) mass is 399 g/mol. The minimum absolute atomic E-state index is 0.136. The molecule has 2 saturated heterocycles. The van der Waals surface area contributed by atoms with E-state index in [4.69, 9.17) is 9.47 Å². The first-order chi connectivity index (χ1) is 14.1. The van der Waals surface area contributed by atoms with Gasteiger partial charge in [-0.1, -0.05) is 12.1 Å². The molecule has 7 nitrogen and oxygen atoms in total. The average Bonchev–Trinajstić information content (AvgIpc) is 3.10. The number of amides is 1. The molecule has 0 aromatic heterocycles. The predicted octanol–water partition coefficient (Wildman–Crippen LogP) is 2.81. The SMILES string of the molecule is O=C1OC(CN=Cc2ccccc2O)CN1c1ccc(N2CCOCC2)c(F)c1. The first-order valence-corrected chi connectivity index (χ1v) is 9.50. The van der Waals surface area contributed by atoms with E-state index in [0.29, 0.717) is 43.2 Å². The molecule has 8 heteroatoms. The van der Waals surface area contributed by atoms with Crippen LogP contribution in [0.2, 0.25) is 0 Å². The number of rotatable bonds is 5. The molecule has 152 valence electrons. The number of para-hydroxylation sites is 1. The molecule has 2 aromatic rings. The number of phenolic OH excluding ortho intramolecular Hbond substituents is 1. The largest absolute Gasteiger partial charge is 0.507 e. The highest BCUT2D eigenvalue weighted by Gasteiger charge is 2.32. The van der Waals surface area contributed by atoms with E-state index in [1.807, 2.05) is 4.90 Å². The third kappa shape index (κ3) is 4.32. The fourth-order valence-corrected chi connectivity index (χ4v) is 3.42. The number of hydrogen-bond acceptors (Lipinski definition) is 6. The van der Waals surface area contributed by atoms with Crippen LogP contribution in [0.4, 0.5) is 20.6 Å². The van der Waals surface area contributed by atoms with E-state index in [9.17, 15) is 14.3 Å². The molecule has 0 saturated carbocycles. The number of carbonyl (C=O) groups excluding carboxylic acids is 1. The Balaban J connectivity index is 1.40. The van der Waals surface area contributed by atoms with Crippen molar-refractivity contribution in [2.75, 3.05) is 49.2 Å². The maximum atomic E-state index is 14.6. The Hall–Kier alpha value is -3.13. The van der Waals surface area contributed by atoms with Crippen LogP contribution < -0.4 is 9.80 Å².